The van der Waals surface area contributed by atoms with Gasteiger partial charge in [0, 0.05) is 21.7 Å². The number of fused-ring (bicyclic) bond motifs is 1. The highest BCUT2D eigenvalue weighted by molar-refractivity contribution is 6.32. The average Bonchev–Trinajstić information content (AvgIpc) is 2.19. The third-order valence-corrected chi connectivity index (χ3v) is 3.18. The number of aryl methyl sites for hydroxylation is 2. The smallest absolute Gasteiger partial charge is 0.192 e. The van der Waals surface area contributed by atoms with Gasteiger partial charge in [-0.15, -0.1) is 0 Å². The molecule has 0 radical (unpaired) electrons. The van der Waals surface area contributed by atoms with Gasteiger partial charge in [0.05, 0.1) is 5.52 Å². The molecule has 0 fully saturated rings. The van der Waals surface area contributed by atoms with E-state index in [1.54, 1.807) is 6.07 Å². The van der Waals surface area contributed by atoms with Crippen LogP contribution in [0.5, 0.6) is 0 Å². The molecular weight excluding hydrogens is 210 g/mol. The third kappa shape index (κ3) is 1.55. The summed E-state index contributed by atoms with van der Waals surface area (Å²) in [5, 5.41) is 1.39. The Morgan fingerprint density at radius 2 is 1.87 bits per heavy atom. The Balaban J connectivity index is 3.00. The molecule has 0 unspecified atom stereocenters. The lowest BCUT2D eigenvalue weighted by Crippen LogP contribution is -2.09. The Morgan fingerprint density at radius 3 is 2.53 bits per heavy atom. The standard InChI is InChI=1S/C12H12ClNO/c1-6-4-9-11(5-10(6)13)14-8(3)7(2)12(9)15/h4-5H,1-3H3,(H,14,15). The molecule has 0 amide bonds. The Hall–Kier alpha value is -1.28. The lowest BCUT2D eigenvalue weighted by atomic mass is 10.1. The Bertz CT molecular complexity index is 593. The van der Waals surface area contributed by atoms with Crippen molar-refractivity contribution in [1.82, 2.24) is 4.98 Å². The number of benzene rings is 1. The van der Waals surface area contributed by atoms with Crippen molar-refractivity contribution in [2.45, 2.75) is 20.8 Å². The summed E-state index contributed by atoms with van der Waals surface area (Å²) < 4.78 is 0. The summed E-state index contributed by atoms with van der Waals surface area (Å²) in [5.41, 5.74) is 3.48. The maximum atomic E-state index is 11.9. The molecule has 3 heteroatoms. The van der Waals surface area contributed by atoms with E-state index in [9.17, 15) is 4.79 Å². The van der Waals surface area contributed by atoms with Crippen molar-refractivity contribution in [3.8, 4) is 0 Å². The van der Waals surface area contributed by atoms with E-state index in [4.69, 9.17) is 11.6 Å². The fraction of sp³-hybridized carbons (Fsp3) is 0.250. The number of H-pyrrole nitrogens is 1. The van der Waals surface area contributed by atoms with Gasteiger partial charge in [-0.1, -0.05) is 11.6 Å². The summed E-state index contributed by atoms with van der Waals surface area (Å²) in [6.07, 6.45) is 0. The minimum atomic E-state index is 0.0843. The molecule has 0 aliphatic rings. The van der Waals surface area contributed by atoms with E-state index < -0.39 is 0 Å². The van der Waals surface area contributed by atoms with Crippen LogP contribution in [0.4, 0.5) is 0 Å². The van der Waals surface area contributed by atoms with Gasteiger partial charge in [0.15, 0.2) is 5.43 Å². The number of aromatic nitrogens is 1. The van der Waals surface area contributed by atoms with Crippen molar-refractivity contribution in [2.24, 2.45) is 0 Å². The zero-order valence-electron chi connectivity index (χ0n) is 8.94. The molecule has 2 aromatic rings. The first-order valence-electron chi connectivity index (χ1n) is 4.80. The van der Waals surface area contributed by atoms with Crippen molar-refractivity contribution in [3.05, 3.63) is 44.2 Å². The second kappa shape index (κ2) is 3.38. The Morgan fingerprint density at radius 1 is 1.20 bits per heavy atom. The molecule has 0 atom stereocenters. The molecule has 78 valence electrons. The van der Waals surface area contributed by atoms with Gasteiger partial charge >= 0.3 is 0 Å². The van der Waals surface area contributed by atoms with E-state index >= 15 is 0 Å². The highest BCUT2D eigenvalue weighted by atomic mass is 35.5. The fourth-order valence-corrected chi connectivity index (χ4v) is 1.80. The molecule has 2 nitrogen and oxygen atoms in total. The third-order valence-electron chi connectivity index (χ3n) is 2.77. The van der Waals surface area contributed by atoms with E-state index in [0.29, 0.717) is 10.4 Å². The summed E-state index contributed by atoms with van der Waals surface area (Å²) >= 11 is 6.01. The first-order chi connectivity index (χ1) is 7.00. The highest BCUT2D eigenvalue weighted by Gasteiger charge is 2.07. The summed E-state index contributed by atoms with van der Waals surface area (Å²) in [4.78, 5) is 15.1. The fourth-order valence-electron chi connectivity index (χ4n) is 1.64. The van der Waals surface area contributed by atoms with Crippen molar-refractivity contribution >= 4 is 22.5 Å². The van der Waals surface area contributed by atoms with Crippen LogP contribution in [-0.4, -0.2) is 4.98 Å². The van der Waals surface area contributed by atoms with Crippen molar-refractivity contribution in [3.63, 3.8) is 0 Å². The molecule has 1 aromatic carbocycles. The number of pyridine rings is 1. The molecule has 0 bridgehead atoms. The largest absolute Gasteiger partial charge is 0.358 e. The first kappa shape index (κ1) is 10.2. The Labute approximate surface area is 92.9 Å². The second-order valence-corrected chi connectivity index (χ2v) is 4.26. The van der Waals surface area contributed by atoms with Gasteiger partial charge in [0.1, 0.15) is 0 Å². The lowest BCUT2D eigenvalue weighted by Gasteiger charge is -2.06. The van der Waals surface area contributed by atoms with Gasteiger partial charge in [0.2, 0.25) is 0 Å². The lowest BCUT2D eigenvalue weighted by molar-refractivity contribution is 1.17. The van der Waals surface area contributed by atoms with E-state index in [0.717, 1.165) is 22.3 Å². The van der Waals surface area contributed by atoms with Gasteiger partial charge in [0.25, 0.3) is 0 Å². The van der Waals surface area contributed by atoms with Crippen LogP contribution in [0.1, 0.15) is 16.8 Å². The van der Waals surface area contributed by atoms with E-state index in [-0.39, 0.29) is 5.43 Å². The van der Waals surface area contributed by atoms with Crippen molar-refractivity contribution in [2.75, 3.05) is 0 Å². The Kier molecular flexibility index (Phi) is 2.31. The van der Waals surface area contributed by atoms with Gasteiger partial charge in [-0.3, -0.25) is 4.79 Å². The quantitative estimate of drug-likeness (QED) is 0.729. The van der Waals surface area contributed by atoms with Crippen LogP contribution in [0.25, 0.3) is 10.9 Å². The number of hydrogen-bond donors (Lipinski definition) is 1. The molecule has 1 heterocycles. The average molecular weight is 222 g/mol. The van der Waals surface area contributed by atoms with E-state index in [1.807, 2.05) is 26.8 Å². The predicted molar refractivity (Wildman–Crippen MR) is 63.8 cm³/mol. The second-order valence-electron chi connectivity index (χ2n) is 3.85. The molecule has 2 rings (SSSR count). The van der Waals surface area contributed by atoms with Gasteiger partial charge in [-0.05, 0) is 38.5 Å². The minimum absolute atomic E-state index is 0.0843. The number of rotatable bonds is 0. The monoisotopic (exact) mass is 221 g/mol. The highest BCUT2D eigenvalue weighted by Crippen LogP contribution is 2.20. The van der Waals surface area contributed by atoms with Crippen LogP contribution in [0.2, 0.25) is 5.02 Å². The van der Waals surface area contributed by atoms with Crippen LogP contribution in [0, 0.1) is 20.8 Å². The van der Waals surface area contributed by atoms with Gasteiger partial charge in [-0.25, -0.2) is 0 Å². The van der Waals surface area contributed by atoms with Gasteiger partial charge in [-0.2, -0.15) is 0 Å². The topological polar surface area (TPSA) is 32.9 Å². The summed E-state index contributed by atoms with van der Waals surface area (Å²) in [5.74, 6) is 0. The molecule has 1 N–H and O–H groups in total. The van der Waals surface area contributed by atoms with Crippen molar-refractivity contribution < 1.29 is 0 Å². The normalized spacial score (nSPS) is 10.9. The maximum Gasteiger partial charge on any atom is 0.192 e. The molecule has 15 heavy (non-hydrogen) atoms. The summed E-state index contributed by atoms with van der Waals surface area (Å²) in [7, 11) is 0. The van der Waals surface area contributed by atoms with E-state index in [1.165, 1.54) is 0 Å². The molecule has 0 aliphatic heterocycles. The van der Waals surface area contributed by atoms with Crippen LogP contribution >= 0.6 is 11.6 Å². The molecule has 0 aliphatic carbocycles. The van der Waals surface area contributed by atoms with Crippen molar-refractivity contribution in [1.29, 1.82) is 0 Å². The zero-order chi connectivity index (χ0) is 11.2. The molecular formula is C12H12ClNO. The number of halogens is 1. The van der Waals surface area contributed by atoms with E-state index in [2.05, 4.69) is 4.98 Å². The van der Waals surface area contributed by atoms with Crippen LogP contribution < -0.4 is 5.43 Å². The summed E-state index contributed by atoms with van der Waals surface area (Å²) in [6, 6.07) is 3.64. The van der Waals surface area contributed by atoms with Crippen LogP contribution in [0.3, 0.4) is 0 Å². The number of hydrogen-bond acceptors (Lipinski definition) is 1. The molecule has 0 saturated carbocycles. The SMILES string of the molecule is Cc1cc2c(=O)c(C)c(C)[nH]c2cc1Cl. The number of aromatic amines is 1. The molecule has 0 spiro atoms. The van der Waals surface area contributed by atoms with Gasteiger partial charge < -0.3 is 4.98 Å². The summed E-state index contributed by atoms with van der Waals surface area (Å²) in [6.45, 7) is 5.62. The zero-order valence-corrected chi connectivity index (χ0v) is 9.70. The predicted octanol–water partition coefficient (Wildman–Crippen LogP) is 3.11. The number of nitrogens with one attached hydrogen (secondary N) is 1. The maximum absolute atomic E-state index is 11.9. The molecule has 0 saturated heterocycles. The molecule has 1 aromatic heterocycles. The van der Waals surface area contributed by atoms with Crippen LogP contribution in [-0.2, 0) is 0 Å². The minimum Gasteiger partial charge on any atom is -0.358 e. The van der Waals surface area contributed by atoms with Crippen LogP contribution in [0.15, 0.2) is 16.9 Å². The first-order valence-corrected chi connectivity index (χ1v) is 5.18.